The molecule has 2 heterocycles. The van der Waals surface area contributed by atoms with Gasteiger partial charge < -0.3 is 9.32 Å². The Morgan fingerprint density at radius 1 is 1.43 bits per heavy atom. The first-order valence-electron chi connectivity index (χ1n) is 7.54. The normalized spacial score (nSPS) is 20.2. The van der Waals surface area contributed by atoms with Gasteiger partial charge in [-0.25, -0.2) is 0 Å². The predicted octanol–water partition coefficient (Wildman–Crippen LogP) is 2.64. The molecule has 0 saturated carbocycles. The van der Waals surface area contributed by atoms with Crippen LogP contribution in [0, 0.1) is 0 Å². The van der Waals surface area contributed by atoms with E-state index in [9.17, 15) is 4.79 Å². The summed E-state index contributed by atoms with van der Waals surface area (Å²) >= 11 is 0. The molecule has 112 valence electrons. The molecule has 1 unspecified atom stereocenters. The molecule has 1 aromatic heterocycles. The van der Waals surface area contributed by atoms with Crippen LogP contribution in [0.3, 0.4) is 0 Å². The van der Waals surface area contributed by atoms with Gasteiger partial charge in [0.05, 0.1) is 6.54 Å². The van der Waals surface area contributed by atoms with Gasteiger partial charge in [0.15, 0.2) is 5.76 Å². The van der Waals surface area contributed by atoms with E-state index in [1.807, 2.05) is 37.4 Å². The average molecular weight is 286 g/mol. The van der Waals surface area contributed by atoms with Crippen LogP contribution in [0.2, 0.25) is 0 Å². The molecule has 0 N–H and O–H groups in total. The highest BCUT2D eigenvalue weighted by Crippen LogP contribution is 2.20. The van der Waals surface area contributed by atoms with Crippen LogP contribution in [0.5, 0.6) is 0 Å². The molecule has 2 aromatic rings. The van der Waals surface area contributed by atoms with Crippen molar-refractivity contribution in [1.29, 1.82) is 0 Å². The molecule has 1 saturated heterocycles. The van der Waals surface area contributed by atoms with Crippen molar-refractivity contribution in [1.82, 2.24) is 9.80 Å². The second kappa shape index (κ2) is 6.00. The first kappa shape index (κ1) is 14.3. The van der Waals surface area contributed by atoms with Crippen LogP contribution in [-0.2, 0) is 0 Å². The summed E-state index contributed by atoms with van der Waals surface area (Å²) in [5, 5.41) is 0.987. The summed E-state index contributed by atoms with van der Waals surface area (Å²) in [6, 6.07) is 10.0. The summed E-state index contributed by atoms with van der Waals surface area (Å²) < 4.78 is 5.65. The molecule has 1 aliphatic rings. The Hall–Kier alpha value is -1.65. The van der Waals surface area contributed by atoms with Crippen LogP contribution < -0.4 is 0 Å². The molecular weight excluding hydrogens is 264 g/mol. The highest BCUT2D eigenvalue weighted by molar-refractivity contribution is 5.98. The van der Waals surface area contributed by atoms with Gasteiger partial charge in [0.25, 0.3) is 0 Å². The molecule has 0 aliphatic carbocycles. The fraction of sp³-hybridized carbons (Fsp3) is 0.471. The summed E-state index contributed by atoms with van der Waals surface area (Å²) in [5.74, 6) is 0.522. The molecule has 3 rings (SSSR count). The maximum atomic E-state index is 12.4. The van der Waals surface area contributed by atoms with Crippen molar-refractivity contribution in [3.8, 4) is 0 Å². The van der Waals surface area contributed by atoms with E-state index in [1.165, 1.54) is 6.42 Å². The summed E-state index contributed by atoms with van der Waals surface area (Å²) in [6.07, 6.45) is 2.36. The molecule has 21 heavy (non-hydrogen) atoms. The first-order chi connectivity index (χ1) is 10.1. The maximum absolute atomic E-state index is 12.4. The third-order valence-corrected chi connectivity index (χ3v) is 4.32. The third kappa shape index (κ3) is 3.17. The molecule has 1 atom stereocenters. The lowest BCUT2D eigenvalue weighted by Crippen LogP contribution is -2.46. The molecule has 1 aliphatic heterocycles. The number of hydrogen-bond acceptors (Lipinski definition) is 4. The quantitative estimate of drug-likeness (QED) is 0.810. The molecule has 1 fully saturated rings. The smallest absolute Gasteiger partial charge is 0.211 e. The fourth-order valence-corrected chi connectivity index (χ4v) is 3.05. The molecular formula is C17H22N2O2. The van der Waals surface area contributed by atoms with E-state index in [4.69, 9.17) is 4.42 Å². The number of rotatable bonds is 4. The van der Waals surface area contributed by atoms with E-state index in [2.05, 4.69) is 16.8 Å². The molecule has 1 aromatic carbocycles. The lowest BCUT2D eigenvalue weighted by atomic mass is 10.0. The van der Waals surface area contributed by atoms with Crippen molar-refractivity contribution in [2.75, 3.05) is 33.7 Å². The zero-order valence-electron chi connectivity index (χ0n) is 12.7. The van der Waals surface area contributed by atoms with E-state index in [0.717, 1.165) is 30.5 Å². The summed E-state index contributed by atoms with van der Waals surface area (Å²) in [5.41, 5.74) is 0.779. The predicted molar refractivity (Wildman–Crippen MR) is 83.7 cm³/mol. The molecule has 0 radical (unpaired) electrons. The van der Waals surface area contributed by atoms with Crippen LogP contribution in [0.15, 0.2) is 34.7 Å². The minimum atomic E-state index is 0.0573. The molecule has 0 amide bonds. The largest absolute Gasteiger partial charge is 0.453 e. The number of hydrogen-bond donors (Lipinski definition) is 0. The average Bonchev–Trinajstić information content (AvgIpc) is 2.91. The number of benzene rings is 1. The maximum Gasteiger partial charge on any atom is 0.211 e. The number of likely N-dealkylation sites (N-methyl/N-ethyl adjacent to an activating group) is 2. The van der Waals surface area contributed by atoms with Gasteiger partial charge in [-0.05, 0) is 45.6 Å². The van der Waals surface area contributed by atoms with Gasteiger partial charge in [-0.3, -0.25) is 9.69 Å². The van der Waals surface area contributed by atoms with Gasteiger partial charge in [-0.2, -0.15) is 0 Å². The topological polar surface area (TPSA) is 36.7 Å². The Morgan fingerprint density at radius 3 is 3.00 bits per heavy atom. The Bertz CT molecular complexity index is 602. The standard InChI is InChI=1S/C17H22N2O2/c1-18-9-5-7-14(11-18)19(2)12-15(20)17-10-13-6-3-4-8-16(13)21-17/h3-4,6,8,10,14H,5,7,9,11-12H2,1-2H3. The minimum Gasteiger partial charge on any atom is -0.453 e. The van der Waals surface area contributed by atoms with E-state index >= 15 is 0 Å². The van der Waals surface area contributed by atoms with Crippen molar-refractivity contribution in [2.45, 2.75) is 18.9 Å². The van der Waals surface area contributed by atoms with E-state index in [0.29, 0.717) is 18.3 Å². The Kier molecular flexibility index (Phi) is 4.08. The number of Topliss-reactive ketones (excluding diaryl/α,β-unsaturated/α-hetero) is 1. The molecule has 4 heteroatoms. The highest BCUT2D eigenvalue weighted by Gasteiger charge is 2.23. The second-order valence-corrected chi connectivity index (χ2v) is 6.05. The number of likely N-dealkylation sites (tertiary alicyclic amines) is 1. The summed E-state index contributed by atoms with van der Waals surface area (Å²) in [4.78, 5) is 16.9. The third-order valence-electron chi connectivity index (χ3n) is 4.32. The SMILES string of the molecule is CN1CCCC(N(C)CC(=O)c2cc3ccccc3o2)C1. The number of nitrogens with zero attached hydrogens (tertiary/aromatic N) is 2. The van der Waals surface area contributed by atoms with Gasteiger partial charge in [-0.1, -0.05) is 18.2 Å². The fourth-order valence-electron chi connectivity index (χ4n) is 3.05. The highest BCUT2D eigenvalue weighted by atomic mass is 16.3. The number of piperidine rings is 1. The number of para-hydroxylation sites is 1. The van der Waals surface area contributed by atoms with Crippen LogP contribution in [0.25, 0.3) is 11.0 Å². The molecule has 0 bridgehead atoms. The van der Waals surface area contributed by atoms with Crippen molar-refractivity contribution in [2.24, 2.45) is 0 Å². The van der Waals surface area contributed by atoms with E-state index in [1.54, 1.807) is 0 Å². The zero-order chi connectivity index (χ0) is 14.8. The van der Waals surface area contributed by atoms with Gasteiger partial charge in [0.1, 0.15) is 5.58 Å². The van der Waals surface area contributed by atoms with E-state index in [-0.39, 0.29) is 5.78 Å². The number of carbonyl (C=O) groups excluding carboxylic acids is 1. The van der Waals surface area contributed by atoms with Crippen LogP contribution in [-0.4, -0.2) is 55.4 Å². The van der Waals surface area contributed by atoms with E-state index < -0.39 is 0 Å². The lowest BCUT2D eigenvalue weighted by molar-refractivity contribution is 0.0834. The van der Waals surface area contributed by atoms with Gasteiger partial charge in [-0.15, -0.1) is 0 Å². The number of ketones is 1. The monoisotopic (exact) mass is 286 g/mol. The Labute approximate surface area is 125 Å². The number of fused-ring (bicyclic) bond motifs is 1. The molecule has 4 nitrogen and oxygen atoms in total. The zero-order valence-corrected chi connectivity index (χ0v) is 12.7. The first-order valence-corrected chi connectivity index (χ1v) is 7.54. The van der Waals surface area contributed by atoms with Gasteiger partial charge >= 0.3 is 0 Å². The van der Waals surface area contributed by atoms with Gasteiger partial charge in [0, 0.05) is 18.0 Å². The van der Waals surface area contributed by atoms with Crippen LogP contribution in [0.1, 0.15) is 23.4 Å². The minimum absolute atomic E-state index is 0.0573. The van der Waals surface area contributed by atoms with Gasteiger partial charge in [0.2, 0.25) is 5.78 Å². The number of furan rings is 1. The summed E-state index contributed by atoms with van der Waals surface area (Å²) in [7, 11) is 4.17. The van der Waals surface area contributed by atoms with Crippen molar-refractivity contribution < 1.29 is 9.21 Å². The number of carbonyl (C=O) groups is 1. The Morgan fingerprint density at radius 2 is 2.24 bits per heavy atom. The van der Waals surface area contributed by atoms with Crippen molar-refractivity contribution >= 4 is 16.8 Å². The van der Waals surface area contributed by atoms with Crippen molar-refractivity contribution in [3.63, 3.8) is 0 Å². The van der Waals surface area contributed by atoms with Crippen molar-refractivity contribution in [3.05, 3.63) is 36.1 Å². The lowest BCUT2D eigenvalue weighted by Gasteiger charge is -2.35. The Balaban J connectivity index is 1.67. The van der Waals surface area contributed by atoms with Crippen LogP contribution >= 0.6 is 0 Å². The van der Waals surface area contributed by atoms with Crippen LogP contribution in [0.4, 0.5) is 0 Å². The second-order valence-electron chi connectivity index (χ2n) is 6.05. The summed E-state index contributed by atoms with van der Waals surface area (Å²) in [6.45, 7) is 2.60. The molecule has 0 spiro atoms.